The second kappa shape index (κ2) is 6.18. The first-order chi connectivity index (χ1) is 7.78. The number of thiophene rings is 1. The van der Waals surface area contributed by atoms with Gasteiger partial charge in [0.1, 0.15) is 0 Å². The maximum Gasteiger partial charge on any atom is 0.0701 e. The summed E-state index contributed by atoms with van der Waals surface area (Å²) < 4.78 is 1.25. The van der Waals surface area contributed by atoms with Gasteiger partial charge in [0.05, 0.1) is 3.79 Å². The molecule has 0 bridgehead atoms. The van der Waals surface area contributed by atoms with E-state index in [4.69, 9.17) is 0 Å². The fourth-order valence-electron chi connectivity index (χ4n) is 2.05. The Labute approximate surface area is 111 Å². The maximum absolute atomic E-state index is 3.69. The molecular weight excluding hydrogens is 282 g/mol. The minimum Gasteiger partial charge on any atom is -0.314 e. The van der Waals surface area contributed by atoms with Crippen LogP contribution in [0.25, 0.3) is 0 Å². The lowest BCUT2D eigenvalue weighted by atomic mass is 10.1. The Bertz CT molecular complexity index is 319. The molecule has 0 amide bonds. The molecule has 16 heavy (non-hydrogen) atoms. The van der Waals surface area contributed by atoms with Crippen molar-refractivity contribution in [1.29, 1.82) is 0 Å². The Morgan fingerprint density at radius 1 is 1.50 bits per heavy atom. The van der Waals surface area contributed by atoms with E-state index in [1.807, 2.05) is 11.3 Å². The summed E-state index contributed by atoms with van der Waals surface area (Å²) in [7, 11) is 0. The van der Waals surface area contributed by atoms with Gasteiger partial charge in [0.2, 0.25) is 0 Å². The highest BCUT2D eigenvalue weighted by Crippen LogP contribution is 2.34. The number of halogens is 1. The summed E-state index contributed by atoms with van der Waals surface area (Å²) in [6.07, 6.45) is 6.72. The molecule has 0 spiro atoms. The lowest BCUT2D eigenvalue weighted by Gasteiger charge is -2.17. The fourth-order valence-corrected chi connectivity index (χ4v) is 3.61. The first kappa shape index (κ1) is 12.6. The standard InChI is InChI=1S/C13H20BrNS/c1-2-7-15-11(8-10-3-4-10)9-12-5-6-13(14)16-12/h5-6,10-11,15H,2-4,7-9H2,1H3. The van der Waals surface area contributed by atoms with Crippen LogP contribution in [0.2, 0.25) is 0 Å². The second-order valence-corrected chi connectivity index (χ2v) is 7.29. The van der Waals surface area contributed by atoms with Gasteiger partial charge in [-0.25, -0.2) is 0 Å². The van der Waals surface area contributed by atoms with Crippen molar-refractivity contribution in [1.82, 2.24) is 5.32 Å². The monoisotopic (exact) mass is 301 g/mol. The molecule has 1 aromatic rings. The van der Waals surface area contributed by atoms with Gasteiger partial charge in [-0.1, -0.05) is 19.8 Å². The SMILES string of the molecule is CCCNC(Cc1ccc(Br)s1)CC1CC1. The molecule has 1 atom stereocenters. The molecule has 0 aromatic carbocycles. The molecule has 2 rings (SSSR count). The third kappa shape index (κ3) is 4.19. The van der Waals surface area contributed by atoms with Crippen LogP contribution in [0, 0.1) is 5.92 Å². The topological polar surface area (TPSA) is 12.0 Å². The molecule has 1 N–H and O–H groups in total. The van der Waals surface area contributed by atoms with Crippen LogP contribution < -0.4 is 5.32 Å². The summed E-state index contributed by atoms with van der Waals surface area (Å²) >= 11 is 5.41. The van der Waals surface area contributed by atoms with Gasteiger partial charge in [0, 0.05) is 10.9 Å². The second-order valence-electron chi connectivity index (χ2n) is 4.74. The van der Waals surface area contributed by atoms with Gasteiger partial charge in [-0.2, -0.15) is 0 Å². The van der Waals surface area contributed by atoms with Gasteiger partial charge in [0.25, 0.3) is 0 Å². The first-order valence-electron chi connectivity index (χ1n) is 6.25. The van der Waals surface area contributed by atoms with Crippen molar-refractivity contribution in [2.45, 2.75) is 45.1 Å². The van der Waals surface area contributed by atoms with Gasteiger partial charge < -0.3 is 5.32 Å². The highest BCUT2D eigenvalue weighted by atomic mass is 79.9. The Balaban J connectivity index is 1.84. The molecule has 1 unspecified atom stereocenters. The van der Waals surface area contributed by atoms with Gasteiger partial charge >= 0.3 is 0 Å². The van der Waals surface area contributed by atoms with E-state index >= 15 is 0 Å². The Morgan fingerprint density at radius 2 is 2.31 bits per heavy atom. The minimum absolute atomic E-state index is 0.693. The summed E-state index contributed by atoms with van der Waals surface area (Å²) in [4.78, 5) is 1.50. The van der Waals surface area contributed by atoms with E-state index in [1.54, 1.807) is 0 Å². The van der Waals surface area contributed by atoms with Crippen LogP contribution in [0.1, 0.15) is 37.5 Å². The van der Waals surface area contributed by atoms with Crippen LogP contribution in [0.4, 0.5) is 0 Å². The van der Waals surface area contributed by atoms with Gasteiger partial charge in [-0.15, -0.1) is 11.3 Å². The van der Waals surface area contributed by atoms with Crippen molar-refractivity contribution in [3.63, 3.8) is 0 Å². The molecule has 1 aromatic heterocycles. The molecular formula is C13H20BrNS. The Morgan fingerprint density at radius 3 is 2.88 bits per heavy atom. The fraction of sp³-hybridized carbons (Fsp3) is 0.692. The lowest BCUT2D eigenvalue weighted by molar-refractivity contribution is 0.457. The van der Waals surface area contributed by atoms with Crippen LogP contribution >= 0.6 is 27.3 Å². The quantitative estimate of drug-likeness (QED) is 0.795. The van der Waals surface area contributed by atoms with Crippen molar-refractivity contribution in [2.75, 3.05) is 6.54 Å². The maximum atomic E-state index is 3.69. The van der Waals surface area contributed by atoms with Crippen LogP contribution in [0.5, 0.6) is 0 Å². The first-order valence-corrected chi connectivity index (χ1v) is 7.86. The number of nitrogens with one attached hydrogen (secondary N) is 1. The van der Waals surface area contributed by atoms with E-state index in [-0.39, 0.29) is 0 Å². The van der Waals surface area contributed by atoms with E-state index in [2.05, 4.69) is 40.3 Å². The largest absolute Gasteiger partial charge is 0.314 e. The summed E-state index contributed by atoms with van der Waals surface area (Å²) in [6.45, 7) is 3.40. The average Bonchev–Trinajstić information content (AvgIpc) is 2.98. The van der Waals surface area contributed by atoms with Crippen LogP contribution in [0.15, 0.2) is 15.9 Å². The third-order valence-corrected chi connectivity index (χ3v) is 4.72. The van der Waals surface area contributed by atoms with Gasteiger partial charge in [-0.05, 0) is 59.8 Å². The van der Waals surface area contributed by atoms with E-state index in [0.29, 0.717) is 6.04 Å². The molecule has 1 fully saturated rings. The number of hydrogen-bond acceptors (Lipinski definition) is 2. The van der Waals surface area contributed by atoms with Gasteiger partial charge in [-0.3, -0.25) is 0 Å². The van der Waals surface area contributed by atoms with Gasteiger partial charge in [0.15, 0.2) is 0 Å². The van der Waals surface area contributed by atoms with Crippen molar-refractivity contribution < 1.29 is 0 Å². The molecule has 1 saturated carbocycles. The van der Waals surface area contributed by atoms with Crippen LogP contribution in [-0.4, -0.2) is 12.6 Å². The summed E-state index contributed by atoms with van der Waals surface area (Å²) in [6, 6.07) is 5.11. The van der Waals surface area contributed by atoms with Crippen LogP contribution in [-0.2, 0) is 6.42 Å². The Hall–Kier alpha value is 0.140. The molecule has 0 radical (unpaired) electrons. The van der Waals surface area contributed by atoms with E-state index < -0.39 is 0 Å². The van der Waals surface area contributed by atoms with Crippen molar-refractivity contribution in [3.8, 4) is 0 Å². The zero-order valence-electron chi connectivity index (χ0n) is 9.84. The molecule has 0 aliphatic heterocycles. The van der Waals surface area contributed by atoms with Crippen LogP contribution in [0.3, 0.4) is 0 Å². The number of rotatable bonds is 7. The summed E-state index contributed by atoms with van der Waals surface area (Å²) in [5.74, 6) is 1.01. The lowest BCUT2D eigenvalue weighted by Crippen LogP contribution is -2.32. The van der Waals surface area contributed by atoms with E-state index in [9.17, 15) is 0 Å². The predicted molar refractivity (Wildman–Crippen MR) is 75.1 cm³/mol. The Kier molecular flexibility index (Phi) is 4.86. The molecule has 1 aliphatic rings. The minimum atomic E-state index is 0.693. The smallest absolute Gasteiger partial charge is 0.0701 e. The normalized spacial score (nSPS) is 17.6. The molecule has 1 heterocycles. The predicted octanol–water partition coefficient (Wildman–Crippen LogP) is 4.22. The molecule has 1 aliphatic carbocycles. The third-order valence-electron chi connectivity index (χ3n) is 3.07. The molecule has 90 valence electrons. The highest BCUT2D eigenvalue weighted by Gasteiger charge is 2.25. The van der Waals surface area contributed by atoms with Crippen molar-refractivity contribution >= 4 is 27.3 Å². The van der Waals surface area contributed by atoms with E-state index in [0.717, 1.165) is 12.5 Å². The molecule has 0 saturated heterocycles. The van der Waals surface area contributed by atoms with Crippen molar-refractivity contribution in [3.05, 3.63) is 20.8 Å². The highest BCUT2D eigenvalue weighted by molar-refractivity contribution is 9.11. The summed E-state index contributed by atoms with van der Waals surface area (Å²) in [5, 5.41) is 3.69. The zero-order valence-corrected chi connectivity index (χ0v) is 12.2. The molecule has 1 nitrogen and oxygen atoms in total. The van der Waals surface area contributed by atoms with Crippen molar-refractivity contribution in [2.24, 2.45) is 5.92 Å². The number of hydrogen-bond donors (Lipinski definition) is 1. The molecule has 3 heteroatoms. The zero-order chi connectivity index (χ0) is 11.4. The summed E-state index contributed by atoms with van der Waals surface area (Å²) in [5.41, 5.74) is 0. The average molecular weight is 302 g/mol. The van der Waals surface area contributed by atoms with E-state index in [1.165, 1.54) is 40.8 Å².